The minimum atomic E-state index is -0.852. The van der Waals surface area contributed by atoms with E-state index in [1.807, 2.05) is 18.2 Å². The second kappa shape index (κ2) is 9.56. The second-order valence-electron chi connectivity index (χ2n) is 7.85. The van der Waals surface area contributed by atoms with Crippen molar-refractivity contribution in [3.63, 3.8) is 0 Å². The van der Waals surface area contributed by atoms with Crippen LogP contribution >= 0.6 is 0 Å². The van der Waals surface area contributed by atoms with Crippen LogP contribution in [0, 0.1) is 5.41 Å². The highest BCUT2D eigenvalue weighted by atomic mass is 16.5. The van der Waals surface area contributed by atoms with Gasteiger partial charge in [0.05, 0.1) is 19.2 Å². The first kappa shape index (κ1) is 21.5. The summed E-state index contributed by atoms with van der Waals surface area (Å²) in [5, 5.41) is 16.4. The number of carboxylic acids is 1. The number of carbonyl (C=O) groups is 2. The number of ether oxygens (including phenoxy) is 1. The standard InChI is InChI=1S/C22H27N3O5/c1-30-17-7-5-6-16(12-17)18-8-9-20(27)25(24-18)14-19(26)23-15-22(13-21(28)29)10-3-2-4-11-22/h5-9,12H,2-4,10-11,13-15H2,1H3,(H,23,26)(H,28,29). The molecule has 3 rings (SSSR count). The van der Waals surface area contributed by atoms with Crippen molar-refractivity contribution in [1.82, 2.24) is 15.1 Å². The fourth-order valence-electron chi connectivity index (χ4n) is 4.02. The number of aliphatic carboxylic acids is 1. The molecule has 1 aliphatic rings. The maximum Gasteiger partial charge on any atom is 0.303 e. The van der Waals surface area contributed by atoms with Crippen LogP contribution in [0.3, 0.4) is 0 Å². The third-order valence-electron chi connectivity index (χ3n) is 5.63. The fourth-order valence-corrected chi connectivity index (χ4v) is 4.02. The van der Waals surface area contributed by atoms with Crippen LogP contribution in [-0.2, 0) is 16.1 Å². The third-order valence-corrected chi connectivity index (χ3v) is 5.63. The van der Waals surface area contributed by atoms with Gasteiger partial charge in [0.25, 0.3) is 5.56 Å². The average Bonchev–Trinajstić information content (AvgIpc) is 2.74. The SMILES string of the molecule is COc1cccc(-c2ccc(=O)n(CC(=O)NCC3(CC(=O)O)CCCCC3)n2)c1. The summed E-state index contributed by atoms with van der Waals surface area (Å²) in [6, 6.07) is 10.3. The van der Waals surface area contributed by atoms with Gasteiger partial charge in [-0.25, -0.2) is 4.68 Å². The Bertz CT molecular complexity index is 963. The number of carboxylic acid groups (broad SMARTS) is 1. The van der Waals surface area contributed by atoms with Crippen molar-refractivity contribution in [3.8, 4) is 17.0 Å². The third kappa shape index (κ3) is 5.46. The summed E-state index contributed by atoms with van der Waals surface area (Å²) in [7, 11) is 1.57. The lowest BCUT2D eigenvalue weighted by Gasteiger charge is -2.36. The smallest absolute Gasteiger partial charge is 0.303 e. The van der Waals surface area contributed by atoms with Crippen molar-refractivity contribution in [2.75, 3.05) is 13.7 Å². The summed E-state index contributed by atoms with van der Waals surface area (Å²) < 4.78 is 6.34. The first-order valence-corrected chi connectivity index (χ1v) is 10.1. The quantitative estimate of drug-likeness (QED) is 0.688. The number of nitrogens with one attached hydrogen (secondary N) is 1. The second-order valence-corrected chi connectivity index (χ2v) is 7.85. The zero-order chi connectivity index (χ0) is 21.6. The highest BCUT2D eigenvalue weighted by molar-refractivity contribution is 5.76. The predicted molar refractivity (Wildman–Crippen MR) is 111 cm³/mol. The molecule has 2 aromatic rings. The van der Waals surface area contributed by atoms with Crippen LogP contribution in [0.15, 0.2) is 41.2 Å². The Morgan fingerprint density at radius 2 is 1.97 bits per heavy atom. The lowest BCUT2D eigenvalue weighted by atomic mass is 9.71. The molecule has 1 saturated carbocycles. The molecular weight excluding hydrogens is 386 g/mol. The molecule has 0 saturated heterocycles. The lowest BCUT2D eigenvalue weighted by molar-refractivity contribution is -0.140. The number of amides is 1. The van der Waals surface area contributed by atoms with Crippen molar-refractivity contribution >= 4 is 11.9 Å². The molecule has 0 radical (unpaired) electrons. The highest BCUT2D eigenvalue weighted by Crippen LogP contribution is 2.38. The number of aromatic nitrogens is 2. The highest BCUT2D eigenvalue weighted by Gasteiger charge is 2.34. The van der Waals surface area contributed by atoms with E-state index in [9.17, 15) is 19.5 Å². The van der Waals surface area contributed by atoms with E-state index in [4.69, 9.17) is 4.74 Å². The number of hydrogen-bond acceptors (Lipinski definition) is 5. The van der Waals surface area contributed by atoms with E-state index < -0.39 is 11.4 Å². The van der Waals surface area contributed by atoms with Crippen LogP contribution in [0.25, 0.3) is 11.3 Å². The normalized spacial score (nSPS) is 15.4. The van der Waals surface area contributed by atoms with Crippen molar-refractivity contribution in [1.29, 1.82) is 0 Å². The van der Waals surface area contributed by atoms with Crippen molar-refractivity contribution in [3.05, 3.63) is 46.8 Å². The molecule has 1 aliphatic carbocycles. The molecule has 1 heterocycles. The molecule has 0 bridgehead atoms. The van der Waals surface area contributed by atoms with E-state index in [0.717, 1.165) is 42.3 Å². The Kier molecular flexibility index (Phi) is 6.87. The van der Waals surface area contributed by atoms with Gasteiger partial charge in [-0.1, -0.05) is 31.4 Å². The number of benzene rings is 1. The summed E-state index contributed by atoms with van der Waals surface area (Å²) >= 11 is 0. The summed E-state index contributed by atoms with van der Waals surface area (Å²) in [4.78, 5) is 36.0. The summed E-state index contributed by atoms with van der Waals surface area (Å²) in [6.45, 7) is 0.0717. The van der Waals surface area contributed by atoms with Crippen LogP contribution in [0.4, 0.5) is 0 Å². The number of rotatable bonds is 8. The van der Waals surface area contributed by atoms with Crippen LogP contribution < -0.4 is 15.6 Å². The molecule has 8 nitrogen and oxygen atoms in total. The van der Waals surface area contributed by atoms with Crippen LogP contribution in [0.1, 0.15) is 38.5 Å². The minimum absolute atomic E-state index is 0.0385. The Morgan fingerprint density at radius 3 is 2.67 bits per heavy atom. The molecule has 0 atom stereocenters. The fraction of sp³-hybridized carbons (Fsp3) is 0.455. The van der Waals surface area contributed by atoms with Crippen LogP contribution in [0.2, 0.25) is 0 Å². The maximum absolute atomic E-state index is 12.5. The van der Waals surface area contributed by atoms with Gasteiger partial charge in [0.1, 0.15) is 12.3 Å². The summed E-state index contributed by atoms with van der Waals surface area (Å²) in [5.74, 6) is -0.543. The van der Waals surface area contributed by atoms with Gasteiger partial charge in [0.15, 0.2) is 0 Å². The molecule has 0 aliphatic heterocycles. The number of hydrogen-bond donors (Lipinski definition) is 2. The lowest BCUT2D eigenvalue weighted by Crippen LogP contribution is -2.42. The van der Waals surface area contributed by atoms with Crippen molar-refractivity contribution in [2.24, 2.45) is 5.41 Å². The van der Waals surface area contributed by atoms with Gasteiger partial charge in [-0.05, 0) is 36.5 Å². The first-order valence-electron chi connectivity index (χ1n) is 10.1. The zero-order valence-electron chi connectivity index (χ0n) is 17.1. The summed E-state index contributed by atoms with van der Waals surface area (Å²) in [6.07, 6.45) is 4.62. The number of methoxy groups -OCH3 is 1. The molecule has 1 fully saturated rings. The summed E-state index contributed by atoms with van der Waals surface area (Å²) in [5.41, 5.74) is 0.525. The van der Waals surface area contributed by atoms with E-state index in [0.29, 0.717) is 18.0 Å². The maximum atomic E-state index is 12.5. The van der Waals surface area contributed by atoms with E-state index in [1.54, 1.807) is 19.2 Å². The van der Waals surface area contributed by atoms with Gasteiger partial charge in [-0.2, -0.15) is 5.10 Å². The molecule has 2 N–H and O–H groups in total. The van der Waals surface area contributed by atoms with E-state index in [-0.39, 0.29) is 24.4 Å². The zero-order valence-corrected chi connectivity index (χ0v) is 17.1. The topological polar surface area (TPSA) is 111 Å². The Hall–Kier alpha value is -3.16. The van der Waals surface area contributed by atoms with Gasteiger partial charge in [0.2, 0.25) is 5.91 Å². The van der Waals surface area contributed by atoms with Crippen LogP contribution in [-0.4, -0.2) is 40.4 Å². The van der Waals surface area contributed by atoms with Gasteiger partial charge >= 0.3 is 5.97 Å². The number of nitrogens with zero attached hydrogens (tertiary/aromatic N) is 2. The van der Waals surface area contributed by atoms with Gasteiger partial charge in [-0.3, -0.25) is 14.4 Å². The Labute approximate surface area is 174 Å². The number of carbonyl (C=O) groups excluding carboxylic acids is 1. The Morgan fingerprint density at radius 1 is 1.20 bits per heavy atom. The van der Waals surface area contributed by atoms with Crippen LogP contribution in [0.5, 0.6) is 5.75 Å². The molecule has 1 aromatic heterocycles. The molecular formula is C22H27N3O5. The average molecular weight is 413 g/mol. The molecule has 30 heavy (non-hydrogen) atoms. The van der Waals surface area contributed by atoms with Gasteiger partial charge in [-0.15, -0.1) is 0 Å². The monoisotopic (exact) mass is 413 g/mol. The molecule has 0 spiro atoms. The van der Waals surface area contributed by atoms with E-state index in [2.05, 4.69) is 10.4 Å². The molecule has 1 aromatic carbocycles. The van der Waals surface area contributed by atoms with E-state index in [1.165, 1.54) is 6.07 Å². The molecule has 160 valence electrons. The first-order chi connectivity index (χ1) is 14.4. The predicted octanol–water partition coefficient (Wildman–Crippen LogP) is 2.46. The molecule has 0 unspecified atom stereocenters. The molecule has 1 amide bonds. The van der Waals surface area contributed by atoms with Gasteiger partial charge in [0, 0.05) is 18.2 Å². The Balaban J connectivity index is 1.70. The molecule has 8 heteroatoms. The van der Waals surface area contributed by atoms with Crippen molar-refractivity contribution in [2.45, 2.75) is 45.1 Å². The van der Waals surface area contributed by atoms with Gasteiger partial charge < -0.3 is 15.2 Å². The van der Waals surface area contributed by atoms with Crippen molar-refractivity contribution < 1.29 is 19.4 Å². The largest absolute Gasteiger partial charge is 0.497 e. The minimum Gasteiger partial charge on any atom is -0.497 e. The van der Waals surface area contributed by atoms with E-state index >= 15 is 0 Å².